The number of nitrogens with one attached hydrogen (secondary N) is 1. The van der Waals surface area contributed by atoms with Crippen LogP contribution in [0.1, 0.15) is 17.5 Å². The Hall–Kier alpha value is -0.960. The molecule has 2 aliphatic rings. The average molecular weight is 316 g/mol. The third kappa shape index (κ3) is 2.50. The second-order valence-corrected chi connectivity index (χ2v) is 7.93. The highest BCUT2D eigenvalue weighted by molar-refractivity contribution is 8.00. The molecule has 0 aromatic heterocycles. The highest BCUT2D eigenvalue weighted by atomic mass is 35.5. The summed E-state index contributed by atoms with van der Waals surface area (Å²) in [4.78, 5) is 1.47. The monoisotopic (exact) mass is 315 g/mol. The first-order valence-electron chi connectivity index (χ1n) is 7.47. The molecule has 3 heteroatoms. The van der Waals surface area contributed by atoms with Crippen molar-refractivity contribution in [2.45, 2.75) is 28.4 Å². The van der Waals surface area contributed by atoms with Gasteiger partial charge in [-0.15, -0.1) is 11.8 Å². The van der Waals surface area contributed by atoms with Gasteiger partial charge in [-0.1, -0.05) is 41.9 Å². The van der Waals surface area contributed by atoms with Crippen LogP contribution in [-0.2, 0) is 11.8 Å². The molecule has 0 spiro atoms. The standard InChI is InChI=1S/C18H18ClNS/c19-15-6-3-5-14(9-15)18(11-20-12-18)10-16-8-13-4-1-2-7-17(13)21-16/h1-7,9,16,20H,8,10-12H2. The third-order valence-electron chi connectivity index (χ3n) is 4.70. The molecule has 4 rings (SSSR count). The number of hydrogen-bond acceptors (Lipinski definition) is 2. The number of halogens is 1. The van der Waals surface area contributed by atoms with E-state index in [1.807, 2.05) is 6.07 Å². The van der Waals surface area contributed by atoms with E-state index in [1.165, 1.54) is 28.9 Å². The molecule has 0 radical (unpaired) electrons. The van der Waals surface area contributed by atoms with Crippen molar-refractivity contribution in [1.82, 2.24) is 5.32 Å². The van der Waals surface area contributed by atoms with Gasteiger partial charge in [-0.2, -0.15) is 0 Å². The van der Waals surface area contributed by atoms with Gasteiger partial charge in [-0.05, 0) is 42.2 Å². The van der Waals surface area contributed by atoms with Crippen LogP contribution in [0.2, 0.25) is 5.02 Å². The zero-order chi connectivity index (χ0) is 14.3. The Morgan fingerprint density at radius 2 is 2.00 bits per heavy atom. The molecule has 0 bridgehead atoms. The molecule has 1 fully saturated rings. The van der Waals surface area contributed by atoms with Gasteiger partial charge in [0.1, 0.15) is 0 Å². The predicted molar refractivity (Wildman–Crippen MR) is 90.4 cm³/mol. The van der Waals surface area contributed by atoms with Crippen LogP contribution >= 0.6 is 23.4 Å². The van der Waals surface area contributed by atoms with E-state index >= 15 is 0 Å². The predicted octanol–water partition coefficient (Wildman–Crippen LogP) is 4.29. The van der Waals surface area contributed by atoms with E-state index in [2.05, 4.69) is 59.5 Å². The smallest absolute Gasteiger partial charge is 0.0408 e. The fourth-order valence-electron chi connectivity index (χ4n) is 3.52. The first-order valence-corrected chi connectivity index (χ1v) is 8.72. The lowest BCUT2D eigenvalue weighted by Crippen LogP contribution is -2.57. The summed E-state index contributed by atoms with van der Waals surface area (Å²) in [5, 5.41) is 4.99. The summed E-state index contributed by atoms with van der Waals surface area (Å²) in [7, 11) is 0. The summed E-state index contributed by atoms with van der Waals surface area (Å²) >= 11 is 8.25. The molecule has 21 heavy (non-hydrogen) atoms. The van der Waals surface area contributed by atoms with Gasteiger partial charge in [0.25, 0.3) is 0 Å². The second-order valence-electron chi connectivity index (χ2n) is 6.15. The van der Waals surface area contributed by atoms with Crippen molar-refractivity contribution >= 4 is 23.4 Å². The highest BCUT2D eigenvalue weighted by Crippen LogP contribution is 2.44. The molecular weight excluding hydrogens is 298 g/mol. The quantitative estimate of drug-likeness (QED) is 0.907. The maximum atomic E-state index is 6.20. The number of thioether (sulfide) groups is 1. The summed E-state index contributed by atoms with van der Waals surface area (Å²) in [6.45, 7) is 2.14. The maximum absolute atomic E-state index is 6.20. The van der Waals surface area contributed by atoms with E-state index in [4.69, 9.17) is 11.6 Å². The highest BCUT2D eigenvalue weighted by Gasteiger charge is 2.41. The molecule has 0 amide bonds. The number of benzene rings is 2. The lowest BCUT2D eigenvalue weighted by Gasteiger charge is -2.45. The van der Waals surface area contributed by atoms with Crippen molar-refractivity contribution in [3.8, 4) is 0 Å². The van der Waals surface area contributed by atoms with Crippen molar-refractivity contribution < 1.29 is 0 Å². The molecule has 1 atom stereocenters. The Morgan fingerprint density at radius 1 is 1.14 bits per heavy atom. The topological polar surface area (TPSA) is 12.0 Å². The molecule has 1 N–H and O–H groups in total. The van der Waals surface area contributed by atoms with Crippen molar-refractivity contribution in [1.29, 1.82) is 0 Å². The lowest BCUT2D eigenvalue weighted by molar-refractivity contribution is 0.256. The Labute approximate surface area is 135 Å². The molecule has 2 aromatic carbocycles. The van der Waals surface area contributed by atoms with Crippen LogP contribution in [0.5, 0.6) is 0 Å². The van der Waals surface area contributed by atoms with E-state index in [-0.39, 0.29) is 5.41 Å². The van der Waals surface area contributed by atoms with Gasteiger partial charge < -0.3 is 5.32 Å². The van der Waals surface area contributed by atoms with Crippen LogP contribution in [-0.4, -0.2) is 18.3 Å². The molecular formula is C18H18ClNS. The molecule has 108 valence electrons. The summed E-state index contributed by atoms with van der Waals surface area (Å²) in [6.07, 6.45) is 2.42. The molecule has 1 nitrogen and oxygen atoms in total. The SMILES string of the molecule is Clc1cccc(C2(CC3Cc4ccccc4S3)CNC2)c1. The van der Waals surface area contributed by atoms with Crippen molar-refractivity contribution in [3.05, 3.63) is 64.7 Å². The summed E-state index contributed by atoms with van der Waals surface area (Å²) in [5.74, 6) is 0. The fraction of sp³-hybridized carbons (Fsp3) is 0.333. The van der Waals surface area contributed by atoms with Gasteiger partial charge in [0.15, 0.2) is 0 Å². The van der Waals surface area contributed by atoms with Gasteiger partial charge in [0.05, 0.1) is 0 Å². The second kappa shape index (κ2) is 5.35. The fourth-order valence-corrected chi connectivity index (χ4v) is 5.19. The van der Waals surface area contributed by atoms with E-state index in [1.54, 1.807) is 0 Å². The zero-order valence-electron chi connectivity index (χ0n) is 11.8. The van der Waals surface area contributed by atoms with Crippen LogP contribution in [0.25, 0.3) is 0 Å². The number of fused-ring (bicyclic) bond motifs is 1. The third-order valence-corrected chi connectivity index (χ3v) is 6.25. The molecule has 1 saturated heterocycles. The molecule has 0 saturated carbocycles. The summed E-state index contributed by atoms with van der Waals surface area (Å²) < 4.78 is 0. The van der Waals surface area contributed by atoms with E-state index < -0.39 is 0 Å². The first-order chi connectivity index (χ1) is 10.3. The minimum atomic E-state index is 0.268. The Morgan fingerprint density at radius 3 is 2.71 bits per heavy atom. The largest absolute Gasteiger partial charge is 0.315 e. The lowest BCUT2D eigenvalue weighted by atomic mass is 9.71. The number of hydrogen-bond donors (Lipinski definition) is 1. The molecule has 0 aliphatic carbocycles. The zero-order valence-corrected chi connectivity index (χ0v) is 13.4. The van der Waals surface area contributed by atoms with Crippen LogP contribution in [0, 0.1) is 0 Å². The molecule has 2 aliphatic heterocycles. The van der Waals surface area contributed by atoms with E-state index in [0.717, 1.165) is 18.1 Å². The first kappa shape index (κ1) is 13.7. The van der Waals surface area contributed by atoms with E-state index in [0.29, 0.717) is 5.25 Å². The van der Waals surface area contributed by atoms with Gasteiger partial charge in [0.2, 0.25) is 0 Å². The summed E-state index contributed by atoms with van der Waals surface area (Å²) in [5.41, 5.74) is 3.18. The van der Waals surface area contributed by atoms with Gasteiger partial charge in [0, 0.05) is 33.7 Å². The Kier molecular flexibility index (Phi) is 3.49. The molecule has 2 heterocycles. The normalized spacial score (nSPS) is 22.6. The Balaban J connectivity index is 1.56. The van der Waals surface area contributed by atoms with Crippen LogP contribution < -0.4 is 5.32 Å². The van der Waals surface area contributed by atoms with Crippen molar-refractivity contribution in [3.63, 3.8) is 0 Å². The Bertz CT molecular complexity index is 641. The summed E-state index contributed by atoms with van der Waals surface area (Å²) in [6, 6.07) is 17.2. The molecule has 2 aromatic rings. The minimum Gasteiger partial charge on any atom is -0.315 e. The van der Waals surface area contributed by atoms with Gasteiger partial charge in [-0.3, -0.25) is 0 Å². The van der Waals surface area contributed by atoms with Gasteiger partial charge >= 0.3 is 0 Å². The van der Waals surface area contributed by atoms with Crippen LogP contribution in [0.3, 0.4) is 0 Å². The van der Waals surface area contributed by atoms with Gasteiger partial charge in [-0.25, -0.2) is 0 Å². The average Bonchev–Trinajstić information content (AvgIpc) is 2.85. The van der Waals surface area contributed by atoms with Crippen molar-refractivity contribution in [2.75, 3.05) is 13.1 Å². The minimum absolute atomic E-state index is 0.268. The van der Waals surface area contributed by atoms with Crippen LogP contribution in [0.15, 0.2) is 53.4 Å². The molecule has 1 unspecified atom stereocenters. The number of rotatable bonds is 3. The van der Waals surface area contributed by atoms with E-state index in [9.17, 15) is 0 Å². The van der Waals surface area contributed by atoms with Crippen molar-refractivity contribution in [2.24, 2.45) is 0 Å². The maximum Gasteiger partial charge on any atom is 0.0408 e. The van der Waals surface area contributed by atoms with Crippen LogP contribution in [0.4, 0.5) is 0 Å².